The van der Waals surface area contributed by atoms with Gasteiger partial charge >= 0.3 is 0 Å². The van der Waals surface area contributed by atoms with Crippen LogP contribution in [0.5, 0.6) is 0 Å². The minimum atomic E-state index is 0.153. The van der Waals surface area contributed by atoms with E-state index in [-0.39, 0.29) is 5.38 Å². The highest BCUT2D eigenvalue weighted by molar-refractivity contribution is 6.42. The van der Waals surface area contributed by atoms with Crippen LogP contribution < -0.4 is 0 Å². The topological polar surface area (TPSA) is 0 Å². The van der Waals surface area contributed by atoms with Crippen LogP contribution in [-0.2, 0) is 0 Å². The average Bonchev–Trinajstić information content (AvgIpc) is 2.08. The van der Waals surface area contributed by atoms with E-state index < -0.39 is 0 Å². The molecule has 0 bridgehead atoms. The molecule has 2 atom stereocenters. The largest absolute Gasteiger partial charge is 0.123 e. The number of halogens is 3. The van der Waals surface area contributed by atoms with Gasteiger partial charge in [-0.2, -0.15) is 0 Å². The van der Waals surface area contributed by atoms with Crippen molar-refractivity contribution in [3.63, 3.8) is 0 Å². The van der Waals surface area contributed by atoms with Gasteiger partial charge in [0.2, 0.25) is 0 Å². The van der Waals surface area contributed by atoms with E-state index in [1.165, 1.54) is 0 Å². The summed E-state index contributed by atoms with van der Waals surface area (Å²) >= 11 is 18.0. The fraction of sp³-hybridized carbons (Fsp3) is 0.455. The van der Waals surface area contributed by atoms with E-state index in [9.17, 15) is 0 Å². The first kappa shape index (κ1) is 12.2. The average molecular weight is 252 g/mol. The monoisotopic (exact) mass is 250 g/mol. The summed E-state index contributed by atoms with van der Waals surface area (Å²) in [6.45, 7) is 4.09. The van der Waals surface area contributed by atoms with E-state index in [2.05, 4.69) is 6.92 Å². The van der Waals surface area contributed by atoms with Crippen LogP contribution in [0.25, 0.3) is 0 Å². The zero-order valence-corrected chi connectivity index (χ0v) is 10.5. The number of rotatable bonds is 3. The summed E-state index contributed by atoms with van der Waals surface area (Å²) in [5.41, 5.74) is 1.08. The molecule has 0 radical (unpaired) electrons. The van der Waals surface area contributed by atoms with Crippen LogP contribution in [0, 0.1) is 0 Å². The molecule has 0 aromatic heterocycles. The van der Waals surface area contributed by atoms with Crippen LogP contribution in [0.1, 0.15) is 31.7 Å². The van der Waals surface area contributed by atoms with E-state index in [1.807, 2.05) is 19.1 Å². The lowest BCUT2D eigenvalue weighted by Crippen LogP contribution is -2.01. The second-order valence-corrected chi connectivity index (χ2v) is 5.09. The Labute approximate surface area is 100 Å². The maximum absolute atomic E-state index is 6.10. The first-order chi connectivity index (χ1) is 6.52. The third-order valence-corrected chi connectivity index (χ3v) is 3.20. The summed E-state index contributed by atoms with van der Waals surface area (Å²) in [4.78, 5) is 0. The van der Waals surface area contributed by atoms with Crippen molar-refractivity contribution >= 4 is 34.8 Å². The van der Waals surface area contributed by atoms with Crippen LogP contribution in [0.4, 0.5) is 0 Å². The molecular formula is C11H13Cl3. The van der Waals surface area contributed by atoms with Gasteiger partial charge in [0.1, 0.15) is 0 Å². The van der Waals surface area contributed by atoms with Crippen molar-refractivity contribution in [2.45, 2.75) is 31.6 Å². The highest BCUT2D eigenvalue weighted by atomic mass is 35.5. The Morgan fingerprint density at radius 1 is 1.21 bits per heavy atom. The predicted octanol–water partition coefficient (Wildman–Crippen LogP) is 5.11. The SMILES string of the molecule is CC(Cl)CC(C)c1cccc(Cl)c1Cl. The molecule has 0 aliphatic rings. The van der Waals surface area contributed by atoms with Crippen LogP contribution in [0.3, 0.4) is 0 Å². The van der Waals surface area contributed by atoms with Crippen LogP contribution >= 0.6 is 34.8 Å². The van der Waals surface area contributed by atoms with Gasteiger partial charge in [0.05, 0.1) is 10.0 Å². The fourth-order valence-electron chi connectivity index (χ4n) is 1.52. The van der Waals surface area contributed by atoms with E-state index >= 15 is 0 Å². The summed E-state index contributed by atoms with van der Waals surface area (Å²) in [5, 5.41) is 1.41. The highest BCUT2D eigenvalue weighted by Gasteiger charge is 2.13. The third-order valence-electron chi connectivity index (χ3n) is 2.19. The molecular weight excluding hydrogens is 238 g/mol. The van der Waals surface area contributed by atoms with Crippen molar-refractivity contribution < 1.29 is 0 Å². The Morgan fingerprint density at radius 3 is 2.43 bits per heavy atom. The molecule has 0 N–H and O–H groups in total. The van der Waals surface area contributed by atoms with Crippen LogP contribution in [-0.4, -0.2) is 5.38 Å². The molecule has 78 valence electrons. The summed E-state index contributed by atoms with van der Waals surface area (Å²) in [6.07, 6.45) is 0.904. The lowest BCUT2D eigenvalue weighted by atomic mass is 9.96. The van der Waals surface area contributed by atoms with Gasteiger partial charge in [-0.05, 0) is 30.9 Å². The molecule has 0 heterocycles. The summed E-state index contributed by atoms with van der Waals surface area (Å²) < 4.78 is 0. The number of alkyl halides is 1. The molecule has 3 heteroatoms. The van der Waals surface area contributed by atoms with Crippen molar-refractivity contribution in [2.24, 2.45) is 0 Å². The van der Waals surface area contributed by atoms with Crippen molar-refractivity contribution in [1.29, 1.82) is 0 Å². The molecule has 14 heavy (non-hydrogen) atoms. The molecule has 1 aromatic carbocycles. The van der Waals surface area contributed by atoms with E-state index in [1.54, 1.807) is 6.07 Å². The Bertz CT molecular complexity index is 307. The van der Waals surface area contributed by atoms with Crippen molar-refractivity contribution in [3.8, 4) is 0 Å². The van der Waals surface area contributed by atoms with Crippen molar-refractivity contribution in [1.82, 2.24) is 0 Å². The van der Waals surface area contributed by atoms with Gasteiger partial charge in [-0.25, -0.2) is 0 Å². The number of hydrogen-bond donors (Lipinski definition) is 0. The maximum Gasteiger partial charge on any atom is 0.0626 e. The van der Waals surface area contributed by atoms with Crippen molar-refractivity contribution in [2.75, 3.05) is 0 Å². The van der Waals surface area contributed by atoms with Gasteiger partial charge in [0.25, 0.3) is 0 Å². The van der Waals surface area contributed by atoms with Crippen LogP contribution in [0.2, 0.25) is 10.0 Å². The third kappa shape index (κ3) is 3.05. The van der Waals surface area contributed by atoms with Gasteiger partial charge in [-0.15, -0.1) is 11.6 Å². The summed E-state index contributed by atoms with van der Waals surface area (Å²) in [7, 11) is 0. The molecule has 0 saturated carbocycles. The second kappa shape index (κ2) is 5.25. The van der Waals surface area contributed by atoms with Gasteiger partial charge < -0.3 is 0 Å². The molecule has 0 aliphatic heterocycles. The Kier molecular flexibility index (Phi) is 4.56. The van der Waals surface area contributed by atoms with Gasteiger partial charge in [0, 0.05) is 5.38 Å². The van der Waals surface area contributed by atoms with E-state index in [4.69, 9.17) is 34.8 Å². The molecule has 1 rings (SSSR count). The highest BCUT2D eigenvalue weighted by Crippen LogP contribution is 2.33. The standard InChI is InChI=1S/C11H13Cl3/c1-7(6-8(2)12)9-4-3-5-10(13)11(9)14/h3-5,7-8H,6H2,1-2H3. The molecule has 0 aliphatic carbocycles. The molecule has 0 amide bonds. The van der Waals surface area contributed by atoms with E-state index in [0.29, 0.717) is 16.0 Å². The zero-order valence-electron chi connectivity index (χ0n) is 8.23. The van der Waals surface area contributed by atoms with Gasteiger partial charge in [0.15, 0.2) is 0 Å². The van der Waals surface area contributed by atoms with Gasteiger partial charge in [-0.1, -0.05) is 42.3 Å². The predicted molar refractivity (Wildman–Crippen MR) is 64.8 cm³/mol. The summed E-state index contributed by atoms with van der Waals surface area (Å²) in [6, 6.07) is 5.71. The lowest BCUT2D eigenvalue weighted by molar-refractivity contribution is 0.671. The molecule has 0 spiro atoms. The first-order valence-electron chi connectivity index (χ1n) is 4.60. The number of hydrogen-bond acceptors (Lipinski definition) is 0. The quantitative estimate of drug-likeness (QED) is 0.655. The maximum atomic E-state index is 6.10. The van der Waals surface area contributed by atoms with E-state index in [0.717, 1.165) is 12.0 Å². The second-order valence-electron chi connectivity index (χ2n) is 3.56. The molecule has 0 nitrogen and oxygen atoms in total. The molecule has 0 fully saturated rings. The Balaban J connectivity index is 2.89. The van der Waals surface area contributed by atoms with Crippen molar-refractivity contribution in [3.05, 3.63) is 33.8 Å². The summed E-state index contributed by atoms with van der Waals surface area (Å²) in [5.74, 6) is 0.341. The molecule has 1 aromatic rings. The zero-order chi connectivity index (χ0) is 10.7. The Morgan fingerprint density at radius 2 is 1.86 bits per heavy atom. The van der Waals surface area contributed by atoms with Gasteiger partial charge in [-0.3, -0.25) is 0 Å². The minimum Gasteiger partial charge on any atom is -0.123 e. The lowest BCUT2D eigenvalue weighted by Gasteiger charge is -2.15. The Hall–Kier alpha value is 0.0900. The normalized spacial score (nSPS) is 15.2. The molecule has 0 saturated heterocycles. The van der Waals surface area contributed by atoms with Crippen LogP contribution in [0.15, 0.2) is 18.2 Å². The number of benzene rings is 1. The fourth-order valence-corrected chi connectivity index (χ4v) is 2.28. The molecule has 2 unspecified atom stereocenters. The first-order valence-corrected chi connectivity index (χ1v) is 5.79. The minimum absolute atomic E-state index is 0.153. The smallest absolute Gasteiger partial charge is 0.0626 e.